The molecule has 3 aromatic carbocycles. The lowest BCUT2D eigenvalue weighted by molar-refractivity contribution is 0.0683. The molecule has 1 aliphatic heterocycles. The van der Waals surface area contributed by atoms with Gasteiger partial charge in [-0.05, 0) is 42.5 Å². The third kappa shape index (κ3) is 5.70. The Bertz CT molecular complexity index is 1510. The van der Waals surface area contributed by atoms with E-state index in [-0.39, 0.29) is 23.7 Å². The molecule has 0 saturated carbocycles. The summed E-state index contributed by atoms with van der Waals surface area (Å²) in [6, 6.07) is 30.3. The zero-order valence-electron chi connectivity index (χ0n) is 22.2. The number of thiazole rings is 1. The number of amides is 2. The molecule has 0 bridgehead atoms. The van der Waals surface area contributed by atoms with Gasteiger partial charge in [0.05, 0.1) is 5.01 Å². The summed E-state index contributed by atoms with van der Waals surface area (Å²) in [6.45, 7) is 1.84. The number of nitrogens with one attached hydrogen (secondary N) is 1. The third-order valence-electron chi connectivity index (χ3n) is 7.64. The molecule has 0 unspecified atom stereocenters. The van der Waals surface area contributed by atoms with Crippen molar-refractivity contribution >= 4 is 34.1 Å². The van der Waals surface area contributed by atoms with E-state index < -0.39 is 0 Å². The summed E-state index contributed by atoms with van der Waals surface area (Å²) in [5.41, 5.74) is 3.68. The standard InChI is InChI=1S/C33H31N3O3S/c37-31(34-18-15-27(23-9-3-1-4-10-23)24-11-5-2-6-12-24)28-22-40-32(35-28)25-16-19-36(20-17-25)33(38)30-21-26-13-7-8-14-29(26)39-30/h1-14,21-22,25,27H,15-20H2,(H,34,37). The Labute approximate surface area is 237 Å². The van der Waals surface area contributed by atoms with Crippen molar-refractivity contribution in [2.75, 3.05) is 19.6 Å². The zero-order valence-corrected chi connectivity index (χ0v) is 23.0. The summed E-state index contributed by atoms with van der Waals surface area (Å²) in [7, 11) is 0. The maximum absolute atomic E-state index is 13.0. The van der Waals surface area contributed by atoms with Crippen LogP contribution in [-0.2, 0) is 0 Å². The van der Waals surface area contributed by atoms with Gasteiger partial charge in [0, 0.05) is 42.2 Å². The van der Waals surface area contributed by atoms with Crippen LogP contribution in [0.5, 0.6) is 0 Å². The number of carbonyl (C=O) groups is 2. The summed E-state index contributed by atoms with van der Waals surface area (Å²) in [4.78, 5) is 32.5. The number of aromatic nitrogens is 1. The van der Waals surface area contributed by atoms with E-state index in [1.807, 2.05) is 52.7 Å². The molecule has 0 spiro atoms. The van der Waals surface area contributed by atoms with Crippen molar-refractivity contribution in [3.63, 3.8) is 0 Å². The van der Waals surface area contributed by atoms with Crippen molar-refractivity contribution in [1.82, 2.24) is 15.2 Å². The highest BCUT2D eigenvalue weighted by Crippen LogP contribution is 2.32. The van der Waals surface area contributed by atoms with Gasteiger partial charge in [0.15, 0.2) is 5.76 Å². The van der Waals surface area contributed by atoms with Crippen LogP contribution in [0.1, 0.15) is 68.3 Å². The minimum absolute atomic E-state index is 0.0711. The van der Waals surface area contributed by atoms with Gasteiger partial charge in [-0.15, -0.1) is 11.3 Å². The van der Waals surface area contributed by atoms with Crippen LogP contribution in [-0.4, -0.2) is 41.3 Å². The first-order valence-electron chi connectivity index (χ1n) is 13.8. The Kier molecular flexibility index (Phi) is 7.73. The predicted molar refractivity (Wildman–Crippen MR) is 158 cm³/mol. The lowest BCUT2D eigenvalue weighted by Gasteiger charge is -2.30. The number of nitrogens with zero attached hydrogens (tertiary/aromatic N) is 2. The van der Waals surface area contributed by atoms with E-state index in [4.69, 9.17) is 4.42 Å². The smallest absolute Gasteiger partial charge is 0.289 e. The summed E-state index contributed by atoms with van der Waals surface area (Å²) >= 11 is 1.53. The zero-order chi connectivity index (χ0) is 27.3. The minimum Gasteiger partial charge on any atom is -0.451 e. The first kappa shape index (κ1) is 26.0. The Hall–Kier alpha value is -4.23. The van der Waals surface area contributed by atoms with Crippen LogP contribution in [0.15, 0.2) is 101 Å². The second kappa shape index (κ2) is 11.9. The molecule has 1 aliphatic rings. The average Bonchev–Trinajstić information content (AvgIpc) is 3.68. The summed E-state index contributed by atoms with van der Waals surface area (Å²) in [5, 5.41) is 6.83. The van der Waals surface area contributed by atoms with Crippen molar-refractivity contribution < 1.29 is 14.0 Å². The largest absolute Gasteiger partial charge is 0.451 e. The number of benzene rings is 3. The molecule has 6 nitrogen and oxygen atoms in total. The molecule has 0 aliphatic carbocycles. The molecule has 5 aromatic rings. The van der Waals surface area contributed by atoms with Crippen molar-refractivity contribution in [3.8, 4) is 0 Å². The van der Waals surface area contributed by atoms with E-state index >= 15 is 0 Å². The van der Waals surface area contributed by atoms with Crippen LogP contribution in [0.3, 0.4) is 0 Å². The molecule has 7 heteroatoms. The summed E-state index contributed by atoms with van der Waals surface area (Å²) in [6.07, 6.45) is 2.43. The van der Waals surface area contributed by atoms with Gasteiger partial charge >= 0.3 is 0 Å². The average molecular weight is 550 g/mol. The quantitative estimate of drug-likeness (QED) is 0.229. The van der Waals surface area contributed by atoms with Crippen LogP contribution in [0.4, 0.5) is 0 Å². The number of piperidine rings is 1. The van der Waals surface area contributed by atoms with E-state index in [0.717, 1.165) is 35.2 Å². The molecule has 40 heavy (non-hydrogen) atoms. The predicted octanol–water partition coefficient (Wildman–Crippen LogP) is 6.86. The van der Waals surface area contributed by atoms with Crippen LogP contribution < -0.4 is 5.32 Å². The van der Waals surface area contributed by atoms with Gasteiger partial charge in [-0.25, -0.2) is 4.98 Å². The van der Waals surface area contributed by atoms with Gasteiger partial charge in [-0.2, -0.15) is 0 Å². The van der Waals surface area contributed by atoms with Gasteiger partial charge in [-0.3, -0.25) is 9.59 Å². The lowest BCUT2D eigenvalue weighted by atomic mass is 9.88. The van der Waals surface area contributed by atoms with Gasteiger partial charge in [0.1, 0.15) is 11.3 Å². The molecule has 0 radical (unpaired) electrons. The summed E-state index contributed by atoms with van der Waals surface area (Å²) < 4.78 is 5.78. The number of para-hydroxylation sites is 1. The van der Waals surface area contributed by atoms with E-state index in [0.29, 0.717) is 31.1 Å². The molecule has 2 amide bonds. The van der Waals surface area contributed by atoms with Crippen LogP contribution in [0.2, 0.25) is 0 Å². The molecule has 1 saturated heterocycles. The van der Waals surface area contributed by atoms with E-state index in [1.165, 1.54) is 22.5 Å². The van der Waals surface area contributed by atoms with Gasteiger partial charge < -0.3 is 14.6 Å². The first-order chi connectivity index (χ1) is 19.7. The fraction of sp³-hybridized carbons (Fsp3) is 0.242. The van der Waals surface area contributed by atoms with Crippen molar-refractivity contribution in [2.45, 2.75) is 31.1 Å². The number of fused-ring (bicyclic) bond motifs is 1. The highest BCUT2D eigenvalue weighted by molar-refractivity contribution is 7.09. The van der Waals surface area contributed by atoms with E-state index in [2.05, 4.69) is 58.8 Å². The Morgan fingerprint density at radius 1 is 0.925 bits per heavy atom. The molecular formula is C33H31N3O3S. The molecule has 2 aromatic heterocycles. The highest BCUT2D eigenvalue weighted by atomic mass is 32.1. The molecule has 3 heterocycles. The number of hydrogen-bond donors (Lipinski definition) is 1. The van der Waals surface area contributed by atoms with Crippen molar-refractivity contribution in [1.29, 1.82) is 0 Å². The fourth-order valence-corrected chi connectivity index (χ4v) is 6.44. The van der Waals surface area contributed by atoms with E-state index in [1.54, 1.807) is 0 Å². The fourth-order valence-electron chi connectivity index (χ4n) is 5.47. The highest BCUT2D eigenvalue weighted by Gasteiger charge is 2.28. The lowest BCUT2D eigenvalue weighted by Crippen LogP contribution is -2.37. The Morgan fingerprint density at radius 2 is 1.57 bits per heavy atom. The molecular weight excluding hydrogens is 518 g/mol. The number of furan rings is 1. The second-order valence-electron chi connectivity index (χ2n) is 10.2. The van der Waals surface area contributed by atoms with Crippen LogP contribution in [0.25, 0.3) is 11.0 Å². The topological polar surface area (TPSA) is 75.4 Å². The number of rotatable bonds is 8. The minimum atomic E-state index is -0.139. The number of likely N-dealkylation sites (tertiary alicyclic amines) is 1. The third-order valence-corrected chi connectivity index (χ3v) is 8.65. The van der Waals surface area contributed by atoms with Crippen molar-refractivity contribution in [3.05, 3.63) is 124 Å². The molecule has 0 atom stereocenters. The monoisotopic (exact) mass is 549 g/mol. The molecule has 202 valence electrons. The molecule has 6 rings (SSSR count). The Morgan fingerprint density at radius 3 is 2.25 bits per heavy atom. The normalized spacial score (nSPS) is 14.1. The van der Waals surface area contributed by atoms with E-state index in [9.17, 15) is 9.59 Å². The number of hydrogen-bond acceptors (Lipinski definition) is 5. The SMILES string of the molecule is O=C(NCCC(c1ccccc1)c1ccccc1)c1csc(C2CCN(C(=O)c3cc4ccccc4o3)CC2)n1. The maximum atomic E-state index is 13.0. The second-order valence-corrected chi connectivity index (χ2v) is 11.1. The molecule has 1 N–H and O–H groups in total. The van der Waals surface area contributed by atoms with Crippen LogP contribution in [0, 0.1) is 0 Å². The Balaban J connectivity index is 1.03. The van der Waals surface area contributed by atoms with Gasteiger partial charge in [-0.1, -0.05) is 78.9 Å². The van der Waals surface area contributed by atoms with Gasteiger partial charge in [0.2, 0.25) is 0 Å². The number of carbonyl (C=O) groups excluding carboxylic acids is 2. The van der Waals surface area contributed by atoms with Crippen molar-refractivity contribution in [2.24, 2.45) is 0 Å². The molecule has 1 fully saturated rings. The maximum Gasteiger partial charge on any atom is 0.289 e. The van der Waals surface area contributed by atoms with Crippen LogP contribution >= 0.6 is 11.3 Å². The van der Waals surface area contributed by atoms with Gasteiger partial charge in [0.25, 0.3) is 11.8 Å². The first-order valence-corrected chi connectivity index (χ1v) is 14.6. The summed E-state index contributed by atoms with van der Waals surface area (Å²) in [5.74, 6) is 0.626.